The fraction of sp³-hybridized carbons (Fsp3) is 0.194. The first-order valence-corrected chi connectivity index (χ1v) is 12.9. The third-order valence-electron chi connectivity index (χ3n) is 7.40. The van der Waals surface area contributed by atoms with E-state index in [4.69, 9.17) is 11.6 Å². The molecule has 0 aromatic heterocycles. The number of halogens is 1. The van der Waals surface area contributed by atoms with Gasteiger partial charge in [-0.05, 0) is 59.4 Å². The lowest BCUT2D eigenvalue weighted by atomic mass is 9.76. The van der Waals surface area contributed by atoms with Crippen molar-refractivity contribution in [1.82, 2.24) is 0 Å². The van der Waals surface area contributed by atoms with E-state index in [2.05, 4.69) is 88.3 Å². The van der Waals surface area contributed by atoms with Crippen LogP contribution in [0.2, 0.25) is 5.02 Å². The molecular formula is C31H28ClN3O. The Kier molecular flexibility index (Phi) is 6.12. The maximum absolute atomic E-state index is 13.0. The van der Waals surface area contributed by atoms with Crippen molar-refractivity contribution in [3.8, 4) is 0 Å². The van der Waals surface area contributed by atoms with E-state index in [9.17, 15) is 4.79 Å². The van der Waals surface area contributed by atoms with Crippen LogP contribution in [-0.4, -0.2) is 19.1 Å². The Bertz CT molecular complexity index is 1320. The minimum absolute atomic E-state index is 0.291. The van der Waals surface area contributed by atoms with Crippen LogP contribution in [0.3, 0.4) is 0 Å². The third-order valence-corrected chi connectivity index (χ3v) is 7.72. The molecule has 0 spiro atoms. The van der Waals surface area contributed by atoms with Crippen LogP contribution in [-0.2, 0) is 0 Å². The van der Waals surface area contributed by atoms with Crippen LogP contribution >= 0.6 is 11.6 Å². The Morgan fingerprint density at radius 3 is 1.81 bits per heavy atom. The highest BCUT2D eigenvalue weighted by molar-refractivity contribution is 6.33. The lowest BCUT2D eigenvalue weighted by Gasteiger charge is -2.43. The van der Waals surface area contributed by atoms with Crippen molar-refractivity contribution in [2.75, 3.05) is 28.6 Å². The maximum Gasteiger partial charge on any atom is 0.323 e. The largest absolute Gasteiger partial charge is 0.371 e. The predicted molar refractivity (Wildman–Crippen MR) is 149 cm³/mol. The zero-order chi connectivity index (χ0) is 24.5. The van der Waals surface area contributed by atoms with E-state index in [1.807, 2.05) is 12.1 Å². The summed E-state index contributed by atoms with van der Waals surface area (Å²) in [6, 6.07) is 32.7. The van der Waals surface area contributed by atoms with Gasteiger partial charge in [0.15, 0.2) is 0 Å². The number of nitrogens with one attached hydrogen (secondary N) is 2. The molecular weight excluding hydrogens is 466 g/mol. The first kappa shape index (κ1) is 22.7. The van der Waals surface area contributed by atoms with Gasteiger partial charge in [0.05, 0.1) is 10.7 Å². The summed E-state index contributed by atoms with van der Waals surface area (Å²) in [5, 5.41) is 6.50. The molecule has 0 aliphatic carbocycles. The van der Waals surface area contributed by atoms with Gasteiger partial charge in [-0.15, -0.1) is 0 Å². The van der Waals surface area contributed by atoms with Crippen molar-refractivity contribution < 1.29 is 4.79 Å². The van der Waals surface area contributed by atoms with Gasteiger partial charge in [-0.3, -0.25) is 0 Å². The number of carbonyl (C=O) groups excluding carboxylic acids is 1. The van der Waals surface area contributed by atoms with Gasteiger partial charge in [0.1, 0.15) is 0 Å². The summed E-state index contributed by atoms with van der Waals surface area (Å²) in [4.78, 5) is 15.5. The zero-order valence-electron chi connectivity index (χ0n) is 20.0. The molecule has 2 atom stereocenters. The average molecular weight is 494 g/mol. The molecule has 2 unspecified atom stereocenters. The molecule has 0 saturated heterocycles. The van der Waals surface area contributed by atoms with E-state index >= 15 is 0 Å². The van der Waals surface area contributed by atoms with E-state index in [1.54, 1.807) is 12.1 Å². The van der Waals surface area contributed by atoms with Crippen molar-refractivity contribution in [3.63, 3.8) is 0 Å². The lowest BCUT2D eigenvalue weighted by Crippen LogP contribution is -2.37. The van der Waals surface area contributed by atoms with Crippen molar-refractivity contribution in [2.24, 2.45) is 0 Å². The summed E-state index contributed by atoms with van der Waals surface area (Å²) < 4.78 is 0. The van der Waals surface area contributed by atoms with Crippen LogP contribution < -0.4 is 15.5 Å². The molecule has 4 aromatic carbocycles. The summed E-state index contributed by atoms with van der Waals surface area (Å²) in [6.45, 7) is 2.08. The highest BCUT2D eigenvalue weighted by Crippen LogP contribution is 2.49. The molecule has 6 rings (SSSR count). The molecule has 0 saturated carbocycles. The van der Waals surface area contributed by atoms with Crippen LogP contribution in [0.4, 0.5) is 21.9 Å². The minimum Gasteiger partial charge on any atom is -0.371 e. The molecule has 4 nitrogen and oxygen atoms in total. The Morgan fingerprint density at radius 2 is 1.25 bits per heavy atom. The summed E-state index contributed by atoms with van der Waals surface area (Å²) in [6.07, 6.45) is 2.11. The first-order valence-electron chi connectivity index (χ1n) is 12.5. The number of nitrogens with zero attached hydrogens (tertiary/aromatic N) is 1. The van der Waals surface area contributed by atoms with Gasteiger partial charge in [0, 0.05) is 36.3 Å². The minimum atomic E-state index is -0.300. The molecule has 36 heavy (non-hydrogen) atoms. The summed E-state index contributed by atoms with van der Waals surface area (Å²) in [7, 11) is 0. The monoisotopic (exact) mass is 493 g/mol. The second kappa shape index (κ2) is 9.71. The average Bonchev–Trinajstić information content (AvgIpc) is 2.91. The molecule has 2 amide bonds. The molecule has 2 N–H and O–H groups in total. The fourth-order valence-corrected chi connectivity index (χ4v) is 5.96. The van der Waals surface area contributed by atoms with E-state index < -0.39 is 0 Å². The quantitative estimate of drug-likeness (QED) is 0.304. The van der Waals surface area contributed by atoms with Crippen molar-refractivity contribution >= 4 is 34.7 Å². The molecule has 4 aromatic rings. The van der Waals surface area contributed by atoms with E-state index in [0.717, 1.165) is 31.6 Å². The Balaban J connectivity index is 1.42. The highest BCUT2D eigenvalue weighted by atomic mass is 35.5. The summed E-state index contributed by atoms with van der Waals surface area (Å²) >= 11 is 6.26. The second-order valence-corrected chi connectivity index (χ2v) is 9.96. The number of benzene rings is 4. The standard InChI is InChI=1S/C31H28ClN3O/c32-28-13-7-8-14-29(28)34-31(36)33-23-19-26-24(21-9-3-1-4-10-21)15-17-35-18-16-25(27(20-23)30(26)35)22-11-5-2-6-12-22/h1-14,19-20,24-25H,15-18H2,(H2,33,34,36). The maximum atomic E-state index is 13.0. The fourth-order valence-electron chi connectivity index (χ4n) is 5.78. The van der Waals surface area contributed by atoms with Crippen LogP contribution in [0.5, 0.6) is 0 Å². The van der Waals surface area contributed by atoms with Crippen LogP contribution in [0.1, 0.15) is 46.9 Å². The van der Waals surface area contributed by atoms with Crippen LogP contribution in [0, 0.1) is 0 Å². The lowest BCUT2D eigenvalue weighted by molar-refractivity contribution is 0.262. The smallest absolute Gasteiger partial charge is 0.323 e. The predicted octanol–water partition coefficient (Wildman–Crippen LogP) is 7.86. The molecule has 2 aliphatic rings. The first-order chi connectivity index (χ1) is 17.7. The van der Waals surface area contributed by atoms with E-state index in [-0.39, 0.29) is 6.03 Å². The van der Waals surface area contributed by atoms with Crippen LogP contribution in [0.15, 0.2) is 97.1 Å². The number of hydrogen-bond acceptors (Lipinski definition) is 2. The van der Waals surface area contributed by atoms with Gasteiger partial charge in [-0.25, -0.2) is 4.79 Å². The van der Waals surface area contributed by atoms with E-state index in [0.29, 0.717) is 22.5 Å². The molecule has 5 heteroatoms. The summed E-state index contributed by atoms with van der Waals surface area (Å²) in [5.74, 6) is 0.582. The van der Waals surface area contributed by atoms with Gasteiger partial charge < -0.3 is 15.5 Å². The highest BCUT2D eigenvalue weighted by Gasteiger charge is 2.35. The van der Waals surface area contributed by atoms with Gasteiger partial charge >= 0.3 is 6.03 Å². The number of anilines is 3. The van der Waals surface area contributed by atoms with Gasteiger partial charge in [-0.2, -0.15) is 0 Å². The molecule has 0 fully saturated rings. The molecule has 2 heterocycles. The number of para-hydroxylation sites is 1. The normalized spacial score (nSPS) is 18.3. The topological polar surface area (TPSA) is 44.4 Å². The second-order valence-electron chi connectivity index (χ2n) is 9.55. The van der Waals surface area contributed by atoms with Crippen molar-refractivity contribution in [1.29, 1.82) is 0 Å². The van der Waals surface area contributed by atoms with Gasteiger partial charge in [0.25, 0.3) is 0 Å². The number of carbonyl (C=O) groups is 1. The van der Waals surface area contributed by atoms with Gasteiger partial charge in [0.2, 0.25) is 0 Å². The number of urea groups is 1. The molecule has 0 bridgehead atoms. The summed E-state index contributed by atoms with van der Waals surface area (Å²) in [5.41, 5.74) is 7.95. The number of rotatable bonds is 4. The molecule has 2 aliphatic heterocycles. The van der Waals surface area contributed by atoms with Crippen LogP contribution in [0.25, 0.3) is 0 Å². The molecule has 0 radical (unpaired) electrons. The number of amides is 2. The zero-order valence-corrected chi connectivity index (χ0v) is 20.7. The van der Waals surface area contributed by atoms with Gasteiger partial charge in [-0.1, -0.05) is 84.4 Å². The van der Waals surface area contributed by atoms with Crippen molar-refractivity contribution in [2.45, 2.75) is 24.7 Å². The Labute approximate surface area is 216 Å². The Hall–Kier alpha value is -3.76. The molecule has 180 valence electrons. The van der Waals surface area contributed by atoms with E-state index in [1.165, 1.54) is 27.9 Å². The Morgan fingerprint density at radius 1 is 0.722 bits per heavy atom. The van der Waals surface area contributed by atoms with Crippen molar-refractivity contribution in [3.05, 3.63) is 124 Å². The number of hydrogen-bond donors (Lipinski definition) is 2. The third kappa shape index (κ3) is 4.33. The SMILES string of the molecule is O=C(Nc1cc2c3c(c1)C(c1ccccc1)CCN3CCC2c1ccccc1)Nc1ccccc1Cl.